The van der Waals surface area contributed by atoms with Crippen LogP contribution in [0.3, 0.4) is 0 Å². The van der Waals surface area contributed by atoms with Gasteiger partial charge in [0, 0.05) is 5.92 Å². The first-order valence-corrected chi connectivity index (χ1v) is 10.5. The summed E-state index contributed by atoms with van der Waals surface area (Å²) >= 11 is 4.28. The number of thioether (sulfide) groups is 2. The van der Waals surface area contributed by atoms with Crippen LogP contribution in [0.1, 0.15) is 40.0 Å². The molecule has 2 bridgehead atoms. The second-order valence-electron chi connectivity index (χ2n) is 7.00. The molecule has 3 atom stereocenters. The predicted octanol–water partition coefficient (Wildman–Crippen LogP) is 4.11. The van der Waals surface area contributed by atoms with E-state index in [4.69, 9.17) is 4.74 Å². The van der Waals surface area contributed by atoms with Crippen molar-refractivity contribution in [1.82, 2.24) is 9.36 Å². The van der Waals surface area contributed by atoms with Gasteiger partial charge < -0.3 is 4.74 Å². The Bertz CT molecular complexity index is 572. The zero-order valence-corrected chi connectivity index (χ0v) is 15.9. The van der Waals surface area contributed by atoms with Crippen LogP contribution in [0.15, 0.2) is 9.50 Å². The van der Waals surface area contributed by atoms with Crippen molar-refractivity contribution in [3.8, 4) is 0 Å². The van der Waals surface area contributed by atoms with Crippen molar-refractivity contribution in [2.75, 3.05) is 12.0 Å². The first-order valence-electron chi connectivity index (χ1n) is 7.56. The maximum Gasteiger partial charge on any atom is 0.316 e. The monoisotopic (exact) mass is 358 g/mol. The highest BCUT2D eigenvalue weighted by atomic mass is 32.2. The van der Waals surface area contributed by atoms with E-state index in [2.05, 4.69) is 30.1 Å². The van der Waals surface area contributed by atoms with Gasteiger partial charge in [-0.25, -0.2) is 4.98 Å². The molecule has 22 heavy (non-hydrogen) atoms. The maximum atomic E-state index is 12.1. The molecule has 2 aliphatic rings. The van der Waals surface area contributed by atoms with Gasteiger partial charge in [0.1, 0.15) is 6.10 Å². The third-order valence-corrected chi connectivity index (χ3v) is 8.23. The van der Waals surface area contributed by atoms with Gasteiger partial charge in [0.05, 0.1) is 5.75 Å². The van der Waals surface area contributed by atoms with Crippen LogP contribution in [0.25, 0.3) is 0 Å². The van der Waals surface area contributed by atoms with Crippen molar-refractivity contribution in [2.45, 2.75) is 55.6 Å². The molecule has 0 aromatic carbocycles. The number of esters is 1. The Morgan fingerprint density at radius 3 is 2.77 bits per heavy atom. The third kappa shape index (κ3) is 2.80. The van der Waals surface area contributed by atoms with Crippen LogP contribution in [0, 0.1) is 16.7 Å². The van der Waals surface area contributed by atoms with Crippen molar-refractivity contribution < 1.29 is 9.53 Å². The molecule has 4 nitrogen and oxygen atoms in total. The minimum Gasteiger partial charge on any atom is -0.461 e. The summed E-state index contributed by atoms with van der Waals surface area (Å²) in [7, 11) is 0. The fourth-order valence-corrected chi connectivity index (χ4v) is 5.98. The molecule has 1 heterocycles. The number of hydrogen-bond acceptors (Lipinski definition) is 7. The van der Waals surface area contributed by atoms with E-state index in [9.17, 15) is 4.79 Å². The molecule has 0 saturated heterocycles. The quantitative estimate of drug-likeness (QED) is 0.583. The summed E-state index contributed by atoms with van der Waals surface area (Å²) in [4.78, 5) is 16.5. The van der Waals surface area contributed by atoms with E-state index in [0.717, 1.165) is 15.9 Å². The summed E-state index contributed by atoms with van der Waals surface area (Å²) in [5.41, 5.74) is 0.597. The molecule has 1 aromatic rings. The smallest absolute Gasteiger partial charge is 0.316 e. The number of aromatic nitrogens is 2. The van der Waals surface area contributed by atoms with Crippen LogP contribution >= 0.6 is 35.1 Å². The molecule has 3 unspecified atom stereocenters. The van der Waals surface area contributed by atoms with Crippen molar-refractivity contribution in [3.05, 3.63) is 0 Å². The molecule has 7 heteroatoms. The van der Waals surface area contributed by atoms with E-state index in [-0.39, 0.29) is 17.5 Å². The summed E-state index contributed by atoms with van der Waals surface area (Å²) in [5, 5.41) is 0.767. The molecule has 0 radical (unpaired) electrons. The van der Waals surface area contributed by atoms with Crippen molar-refractivity contribution in [1.29, 1.82) is 0 Å². The molecule has 3 rings (SSSR count). The summed E-state index contributed by atoms with van der Waals surface area (Å²) in [6, 6.07) is 0. The number of ether oxygens (including phenoxy) is 1. The lowest BCUT2D eigenvalue weighted by molar-refractivity contribution is -0.148. The number of carbonyl (C=O) groups excluding carboxylic acids is 1. The molecule has 0 spiro atoms. The molecule has 2 fully saturated rings. The number of fused-ring (bicyclic) bond motifs is 2. The van der Waals surface area contributed by atoms with Gasteiger partial charge in [0.25, 0.3) is 0 Å². The molecule has 2 aliphatic carbocycles. The molecule has 122 valence electrons. The minimum atomic E-state index is -0.122. The number of carbonyl (C=O) groups is 1. The van der Waals surface area contributed by atoms with Crippen LogP contribution in [-0.2, 0) is 9.53 Å². The summed E-state index contributed by atoms with van der Waals surface area (Å²) in [6.07, 6.45) is 5.49. The number of rotatable bonds is 5. The molecule has 0 aliphatic heterocycles. The van der Waals surface area contributed by atoms with Gasteiger partial charge in [-0.15, -0.1) is 0 Å². The molecule has 0 N–H and O–H groups in total. The van der Waals surface area contributed by atoms with Gasteiger partial charge in [-0.05, 0) is 47.9 Å². The van der Waals surface area contributed by atoms with Gasteiger partial charge in [-0.3, -0.25) is 4.79 Å². The van der Waals surface area contributed by atoms with E-state index < -0.39 is 0 Å². The fraction of sp³-hybridized carbons (Fsp3) is 0.800. The van der Waals surface area contributed by atoms with Crippen molar-refractivity contribution in [3.63, 3.8) is 0 Å². The predicted molar refractivity (Wildman–Crippen MR) is 91.5 cm³/mol. The Kier molecular flexibility index (Phi) is 4.51. The minimum absolute atomic E-state index is 0.0954. The van der Waals surface area contributed by atoms with Crippen molar-refractivity contribution in [2.24, 2.45) is 16.7 Å². The Labute approximate surface area is 144 Å². The first kappa shape index (κ1) is 16.6. The Balaban J connectivity index is 1.53. The summed E-state index contributed by atoms with van der Waals surface area (Å²) < 4.78 is 10.8. The topological polar surface area (TPSA) is 52.1 Å². The lowest BCUT2D eigenvalue weighted by atomic mass is 9.71. The number of nitrogens with zero attached hydrogens (tertiary/aromatic N) is 2. The van der Waals surface area contributed by atoms with Crippen LogP contribution in [0.4, 0.5) is 0 Å². The van der Waals surface area contributed by atoms with E-state index >= 15 is 0 Å². The Hall–Kier alpha value is -0.270. The lowest BCUT2D eigenvalue weighted by Crippen LogP contribution is -2.28. The van der Waals surface area contributed by atoms with Crippen molar-refractivity contribution >= 4 is 41.0 Å². The first-order chi connectivity index (χ1) is 10.4. The van der Waals surface area contributed by atoms with Crippen LogP contribution in [0.2, 0.25) is 0 Å². The van der Waals surface area contributed by atoms with Gasteiger partial charge in [-0.1, -0.05) is 44.3 Å². The van der Waals surface area contributed by atoms with Crippen LogP contribution in [0.5, 0.6) is 0 Å². The van der Waals surface area contributed by atoms with Gasteiger partial charge in [-0.2, -0.15) is 4.37 Å². The summed E-state index contributed by atoms with van der Waals surface area (Å²) in [6.45, 7) is 7.01. The normalized spacial score (nSPS) is 32.4. The average molecular weight is 359 g/mol. The molecule has 1 aromatic heterocycles. The largest absolute Gasteiger partial charge is 0.461 e. The van der Waals surface area contributed by atoms with Gasteiger partial charge in [0.15, 0.2) is 4.34 Å². The molecular weight excluding hydrogens is 336 g/mol. The third-order valence-electron chi connectivity index (χ3n) is 5.76. The van der Waals surface area contributed by atoms with Crippen LogP contribution < -0.4 is 0 Å². The van der Waals surface area contributed by atoms with E-state index in [1.54, 1.807) is 0 Å². The highest BCUT2D eigenvalue weighted by Gasteiger charge is 2.61. The Morgan fingerprint density at radius 2 is 2.23 bits per heavy atom. The fourth-order valence-electron chi connectivity index (χ4n) is 3.99. The molecule has 2 saturated carbocycles. The lowest BCUT2D eigenvalue weighted by Gasteiger charge is -2.33. The van der Waals surface area contributed by atoms with E-state index in [1.165, 1.54) is 47.9 Å². The molecule has 0 amide bonds. The maximum absolute atomic E-state index is 12.1. The highest BCUT2D eigenvalue weighted by Crippen LogP contribution is 2.66. The van der Waals surface area contributed by atoms with E-state index in [1.807, 2.05) is 6.26 Å². The Morgan fingerprint density at radius 1 is 1.45 bits per heavy atom. The SMILES string of the molecule is CSc1nsc(SCC(=O)OC2CC3(C)CCC2C3(C)C)n1. The van der Waals surface area contributed by atoms with Gasteiger partial charge >= 0.3 is 5.97 Å². The average Bonchev–Trinajstić information content (AvgIpc) is 3.05. The number of hydrogen-bond donors (Lipinski definition) is 0. The van der Waals surface area contributed by atoms with Gasteiger partial charge in [0.2, 0.25) is 5.16 Å². The van der Waals surface area contributed by atoms with Crippen LogP contribution in [-0.4, -0.2) is 33.4 Å². The zero-order valence-electron chi connectivity index (χ0n) is 13.4. The second-order valence-corrected chi connectivity index (χ2v) is 9.74. The standard InChI is InChI=1S/C15H22N2O2S3/c1-14(2)9-5-6-15(14,3)7-10(9)19-11(18)8-21-13-16-12(20-4)17-22-13/h9-10H,5-8H2,1-4H3. The zero-order chi connectivity index (χ0) is 16.0. The van der Waals surface area contributed by atoms with E-state index in [0.29, 0.717) is 17.1 Å². The molecular formula is C15H22N2O2S3. The highest BCUT2D eigenvalue weighted by molar-refractivity contribution is 8.01. The summed E-state index contributed by atoms with van der Waals surface area (Å²) in [5.74, 6) is 0.711. The second kappa shape index (κ2) is 5.98.